The quantitative estimate of drug-likeness (QED) is 0.719. The predicted octanol–water partition coefficient (Wildman–Crippen LogP) is 3.88. The molecule has 1 unspecified atom stereocenters. The largest absolute Gasteiger partial charge is 0.378 e. The first-order chi connectivity index (χ1) is 15.7. The molecule has 32 heavy (non-hydrogen) atoms. The van der Waals surface area contributed by atoms with Gasteiger partial charge in [-0.25, -0.2) is 4.98 Å². The van der Waals surface area contributed by atoms with Crippen molar-refractivity contribution in [1.82, 2.24) is 15.2 Å². The van der Waals surface area contributed by atoms with Gasteiger partial charge in [-0.1, -0.05) is 17.7 Å². The number of rotatable bonds is 6. The number of ether oxygens (including phenoxy) is 1. The van der Waals surface area contributed by atoms with Crippen molar-refractivity contribution in [2.45, 2.75) is 70.1 Å². The van der Waals surface area contributed by atoms with Crippen molar-refractivity contribution in [3.63, 3.8) is 0 Å². The van der Waals surface area contributed by atoms with Gasteiger partial charge in [0, 0.05) is 37.3 Å². The highest BCUT2D eigenvalue weighted by molar-refractivity contribution is 5.93. The van der Waals surface area contributed by atoms with Gasteiger partial charge in [-0.15, -0.1) is 0 Å². The van der Waals surface area contributed by atoms with Gasteiger partial charge in [0.2, 0.25) is 5.91 Å². The Kier molecular flexibility index (Phi) is 6.60. The summed E-state index contributed by atoms with van der Waals surface area (Å²) in [6.07, 6.45) is 11.3. The number of anilines is 1. The van der Waals surface area contributed by atoms with Crippen molar-refractivity contribution in [2.24, 2.45) is 5.92 Å². The molecule has 1 aromatic heterocycles. The number of pyridine rings is 1. The minimum atomic E-state index is 0.0410. The molecule has 0 radical (unpaired) electrons. The van der Waals surface area contributed by atoms with Crippen LogP contribution in [0.5, 0.6) is 0 Å². The lowest BCUT2D eigenvalue weighted by molar-refractivity contribution is -0.121. The topological polar surface area (TPSA) is 66.5 Å². The smallest absolute Gasteiger partial charge is 0.239 e. The zero-order valence-electron chi connectivity index (χ0n) is 19.2. The summed E-state index contributed by atoms with van der Waals surface area (Å²) < 4.78 is 6.03. The molecule has 6 nitrogen and oxygen atoms in total. The molecule has 5 rings (SSSR count). The van der Waals surface area contributed by atoms with E-state index in [1.165, 1.54) is 50.5 Å². The zero-order valence-corrected chi connectivity index (χ0v) is 19.2. The number of likely N-dealkylation sites (tertiary alicyclic amines) is 1. The van der Waals surface area contributed by atoms with E-state index in [2.05, 4.69) is 45.6 Å². The van der Waals surface area contributed by atoms with Gasteiger partial charge in [-0.3, -0.25) is 9.69 Å². The van der Waals surface area contributed by atoms with Gasteiger partial charge < -0.3 is 15.4 Å². The molecule has 1 atom stereocenters. The van der Waals surface area contributed by atoms with E-state index >= 15 is 0 Å². The number of amides is 1. The molecule has 6 heteroatoms. The molecule has 2 saturated heterocycles. The highest BCUT2D eigenvalue weighted by atomic mass is 16.5. The van der Waals surface area contributed by atoms with Gasteiger partial charge in [-0.2, -0.15) is 0 Å². The van der Waals surface area contributed by atoms with Crippen molar-refractivity contribution >= 4 is 22.5 Å². The number of hydrogen-bond donors (Lipinski definition) is 2. The summed E-state index contributed by atoms with van der Waals surface area (Å²) in [6, 6.07) is 9.25. The standard InChI is InChI=1S/C26H36N4O2/c1-18-5-6-19-11-12-27-26(23(19)14-18)28-15-25(31)29-21-16-30(17-21)22-9-7-20(8-10-22)24-4-2-3-13-32-24/h5-6,11-12,14,20-22,24H,2-4,7-10,13,15-17H2,1H3,(H,27,28)(H,29,31). The number of fused-ring (bicyclic) bond motifs is 1. The average molecular weight is 437 g/mol. The highest BCUT2D eigenvalue weighted by Crippen LogP contribution is 2.35. The van der Waals surface area contributed by atoms with E-state index in [0.717, 1.165) is 42.2 Å². The third-order valence-corrected chi connectivity index (χ3v) is 7.61. The summed E-state index contributed by atoms with van der Waals surface area (Å²) in [5.41, 5.74) is 1.19. The van der Waals surface area contributed by atoms with Crippen LogP contribution in [0.2, 0.25) is 0 Å². The molecule has 1 aliphatic carbocycles. The monoisotopic (exact) mass is 436 g/mol. The van der Waals surface area contributed by atoms with Crippen molar-refractivity contribution in [2.75, 3.05) is 31.6 Å². The van der Waals surface area contributed by atoms with Crippen LogP contribution in [0.25, 0.3) is 10.8 Å². The molecular formula is C26H36N4O2. The van der Waals surface area contributed by atoms with E-state index in [1.54, 1.807) is 6.20 Å². The SMILES string of the molecule is Cc1ccc2ccnc(NCC(=O)NC3CN(C4CCC(C5CCCCO5)CC4)C3)c2c1. The van der Waals surface area contributed by atoms with Crippen molar-refractivity contribution in [3.05, 3.63) is 36.0 Å². The van der Waals surface area contributed by atoms with Gasteiger partial charge in [0.25, 0.3) is 0 Å². The maximum absolute atomic E-state index is 12.5. The number of aromatic nitrogens is 1. The Balaban J connectivity index is 1.04. The van der Waals surface area contributed by atoms with Crippen LogP contribution >= 0.6 is 0 Å². The first-order valence-electron chi connectivity index (χ1n) is 12.4. The van der Waals surface area contributed by atoms with E-state index in [4.69, 9.17) is 4.74 Å². The average Bonchev–Trinajstić information content (AvgIpc) is 2.80. The number of hydrogen-bond acceptors (Lipinski definition) is 5. The summed E-state index contributed by atoms with van der Waals surface area (Å²) in [7, 11) is 0. The fourth-order valence-electron chi connectivity index (χ4n) is 5.74. The minimum absolute atomic E-state index is 0.0410. The van der Waals surface area contributed by atoms with Crippen molar-refractivity contribution < 1.29 is 9.53 Å². The van der Waals surface area contributed by atoms with Crippen molar-refractivity contribution in [1.29, 1.82) is 0 Å². The number of carbonyl (C=O) groups excluding carboxylic acids is 1. The van der Waals surface area contributed by atoms with Crippen LogP contribution in [0, 0.1) is 12.8 Å². The molecule has 3 fully saturated rings. The molecule has 1 aromatic carbocycles. The zero-order chi connectivity index (χ0) is 21.9. The lowest BCUT2D eigenvalue weighted by atomic mass is 9.79. The molecule has 0 bridgehead atoms. The Morgan fingerprint density at radius 3 is 2.75 bits per heavy atom. The van der Waals surface area contributed by atoms with Crippen LogP contribution in [-0.4, -0.2) is 60.2 Å². The van der Waals surface area contributed by atoms with Crippen LogP contribution in [0.4, 0.5) is 5.82 Å². The van der Waals surface area contributed by atoms with Gasteiger partial charge in [0.05, 0.1) is 18.7 Å². The van der Waals surface area contributed by atoms with Crippen LogP contribution in [0.15, 0.2) is 30.5 Å². The second-order valence-electron chi connectivity index (χ2n) is 9.93. The van der Waals surface area contributed by atoms with Gasteiger partial charge in [-0.05, 0) is 75.3 Å². The fourth-order valence-corrected chi connectivity index (χ4v) is 5.74. The Hall–Kier alpha value is -2.18. The number of nitrogens with one attached hydrogen (secondary N) is 2. The van der Waals surface area contributed by atoms with E-state index in [0.29, 0.717) is 12.1 Å². The third kappa shape index (κ3) is 4.91. The molecule has 2 aliphatic heterocycles. The molecule has 172 valence electrons. The number of aryl methyl sites for hydroxylation is 1. The van der Waals surface area contributed by atoms with E-state index in [9.17, 15) is 4.79 Å². The molecule has 3 heterocycles. The van der Waals surface area contributed by atoms with Gasteiger partial charge >= 0.3 is 0 Å². The Bertz CT molecular complexity index is 929. The lowest BCUT2D eigenvalue weighted by Gasteiger charge is -2.47. The molecule has 2 aromatic rings. The minimum Gasteiger partial charge on any atom is -0.378 e. The number of benzene rings is 1. The van der Waals surface area contributed by atoms with Gasteiger partial charge in [0.1, 0.15) is 5.82 Å². The van der Waals surface area contributed by atoms with E-state index in [1.807, 2.05) is 6.07 Å². The first-order valence-corrected chi connectivity index (χ1v) is 12.4. The molecule has 1 amide bonds. The maximum Gasteiger partial charge on any atom is 0.239 e. The van der Waals surface area contributed by atoms with Gasteiger partial charge in [0.15, 0.2) is 0 Å². The van der Waals surface area contributed by atoms with Crippen LogP contribution in [-0.2, 0) is 9.53 Å². The molecule has 0 spiro atoms. The van der Waals surface area contributed by atoms with E-state index < -0.39 is 0 Å². The molecule has 3 aliphatic rings. The first kappa shape index (κ1) is 21.7. The highest BCUT2D eigenvalue weighted by Gasteiger charge is 2.37. The Morgan fingerprint density at radius 2 is 1.97 bits per heavy atom. The molecule has 1 saturated carbocycles. The van der Waals surface area contributed by atoms with E-state index in [-0.39, 0.29) is 18.5 Å². The summed E-state index contributed by atoms with van der Waals surface area (Å²) in [4.78, 5) is 19.5. The Morgan fingerprint density at radius 1 is 1.12 bits per heavy atom. The summed E-state index contributed by atoms with van der Waals surface area (Å²) in [5.74, 6) is 1.58. The predicted molar refractivity (Wildman–Crippen MR) is 128 cm³/mol. The maximum atomic E-state index is 12.5. The molecular weight excluding hydrogens is 400 g/mol. The van der Waals surface area contributed by atoms with Crippen LogP contribution < -0.4 is 10.6 Å². The second kappa shape index (κ2) is 9.75. The Labute approximate surface area is 191 Å². The normalized spacial score (nSPS) is 27.1. The number of nitrogens with zero attached hydrogens (tertiary/aromatic N) is 2. The number of carbonyl (C=O) groups is 1. The lowest BCUT2D eigenvalue weighted by Crippen LogP contribution is -2.63. The summed E-state index contributed by atoms with van der Waals surface area (Å²) in [6.45, 7) is 5.24. The fraction of sp³-hybridized carbons (Fsp3) is 0.615. The van der Waals surface area contributed by atoms with Crippen LogP contribution in [0.3, 0.4) is 0 Å². The van der Waals surface area contributed by atoms with Crippen molar-refractivity contribution in [3.8, 4) is 0 Å². The van der Waals surface area contributed by atoms with Crippen LogP contribution in [0.1, 0.15) is 50.5 Å². The summed E-state index contributed by atoms with van der Waals surface area (Å²) >= 11 is 0. The molecule has 2 N–H and O–H groups in total. The third-order valence-electron chi connectivity index (χ3n) is 7.61. The summed E-state index contributed by atoms with van der Waals surface area (Å²) in [5, 5.41) is 8.61. The second-order valence-corrected chi connectivity index (χ2v) is 9.93.